The summed E-state index contributed by atoms with van der Waals surface area (Å²) in [7, 11) is 1.58. The van der Waals surface area contributed by atoms with Crippen molar-refractivity contribution in [3.05, 3.63) is 65.8 Å². The van der Waals surface area contributed by atoms with E-state index in [-0.39, 0.29) is 24.2 Å². The van der Waals surface area contributed by atoms with E-state index >= 15 is 0 Å². The topological polar surface area (TPSA) is 77.3 Å². The van der Waals surface area contributed by atoms with Gasteiger partial charge in [0.15, 0.2) is 0 Å². The molecule has 2 aromatic carbocycles. The number of carbonyl (C=O) groups is 1. The summed E-state index contributed by atoms with van der Waals surface area (Å²) in [5.41, 5.74) is 1.49. The van der Waals surface area contributed by atoms with E-state index < -0.39 is 5.92 Å². The van der Waals surface area contributed by atoms with Crippen molar-refractivity contribution < 1.29 is 18.3 Å². The van der Waals surface area contributed by atoms with E-state index in [0.29, 0.717) is 17.5 Å². The average Bonchev–Trinajstić information content (AvgIpc) is 3.17. The molecule has 0 aliphatic heterocycles. The first-order valence-electron chi connectivity index (χ1n) is 8.98. The van der Waals surface area contributed by atoms with E-state index in [1.165, 1.54) is 12.1 Å². The summed E-state index contributed by atoms with van der Waals surface area (Å²) in [6, 6.07) is 13.3. The molecule has 0 fully saturated rings. The molecule has 0 radical (unpaired) electrons. The molecule has 28 heavy (non-hydrogen) atoms. The van der Waals surface area contributed by atoms with Crippen molar-refractivity contribution in [2.45, 2.75) is 26.3 Å². The van der Waals surface area contributed by atoms with E-state index in [1.807, 2.05) is 32.0 Å². The summed E-state index contributed by atoms with van der Waals surface area (Å²) >= 11 is 0. The molecule has 0 spiro atoms. The fourth-order valence-electron chi connectivity index (χ4n) is 2.98. The minimum absolute atomic E-state index is 0.0421. The van der Waals surface area contributed by atoms with E-state index in [2.05, 4.69) is 15.5 Å². The Morgan fingerprint density at radius 2 is 1.93 bits per heavy atom. The summed E-state index contributed by atoms with van der Waals surface area (Å²) in [5.74, 6) is 0.465. The Labute approximate surface area is 162 Å². The molecule has 3 rings (SSSR count). The summed E-state index contributed by atoms with van der Waals surface area (Å²) in [6.07, 6.45) is 0. The Hall–Kier alpha value is -3.22. The van der Waals surface area contributed by atoms with Crippen LogP contribution in [0.5, 0.6) is 5.75 Å². The lowest BCUT2D eigenvalue weighted by Gasteiger charge is -2.20. The quantitative estimate of drug-likeness (QED) is 0.669. The molecule has 1 heterocycles. The van der Waals surface area contributed by atoms with Gasteiger partial charge in [-0.3, -0.25) is 4.79 Å². The normalized spacial score (nSPS) is 12.0. The highest BCUT2D eigenvalue weighted by Crippen LogP contribution is 2.26. The van der Waals surface area contributed by atoms with Gasteiger partial charge in [-0.2, -0.15) is 0 Å². The number of hydrogen-bond donors (Lipinski definition) is 1. The number of hydrogen-bond acceptors (Lipinski definition) is 5. The molecule has 6 nitrogen and oxygen atoms in total. The van der Waals surface area contributed by atoms with Gasteiger partial charge < -0.3 is 14.5 Å². The molecule has 0 aliphatic rings. The van der Waals surface area contributed by atoms with Crippen LogP contribution in [0, 0.1) is 11.7 Å². The number of nitrogens with zero attached hydrogens (tertiary/aromatic N) is 2. The minimum Gasteiger partial charge on any atom is -0.497 e. The molecular weight excluding hydrogens is 361 g/mol. The number of carbonyl (C=O) groups excluding carboxylic acids is 1. The van der Waals surface area contributed by atoms with Crippen molar-refractivity contribution in [2.75, 3.05) is 7.11 Å². The first-order valence-corrected chi connectivity index (χ1v) is 8.98. The molecule has 7 heteroatoms. The fraction of sp³-hybridized carbons (Fsp3) is 0.286. The number of halogens is 1. The smallest absolute Gasteiger partial charge is 0.247 e. The fourth-order valence-corrected chi connectivity index (χ4v) is 2.98. The van der Waals surface area contributed by atoms with Crippen LogP contribution in [0.15, 0.2) is 52.9 Å². The molecule has 0 saturated heterocycles. The molecule has 1 atom stereocenters. The second kappa shape index (κ2) is 8.65. The lowest BCUT2D eigenvalue weighted by molar-refractivity contribution is -0.123. The van der Waals surface area contributed by atoms with Crippen molar-refractivity contribution in [3.8, 4) is 17.2 Å². The monoisotopic (exact) mass is 383 g/mol. The van der Waals surface area contributed by atoms with Crippen LogP contribution in [-0.4, -0.2) is 23.2 Å². The first kappa shape index (κ1) is 19.5. The predicted octanol–water partition coefficient (Wildman–Crippen LogP) is 3.94. The van der Waals surface area contributed by atoms with Gasteiger partial charge in [-0.1, -0.05) is 32.0 Å². The van der Waals surface area contributed by atoms with Crippen LogP contribution < -0.4 is 10.1 Å². The molecule has 0 bridgehead atoms. The number of ether oxygens (including phenoxy) is 1. The number of nitrogens with one attached hydrogen (secondary N) is 1. The Morgan fingerprint density at radius 3 is 2.61 bits per heavy atom. The second-order valence-electron chi connectivity index (χ2n) is 6.72. The highest BCUT2D eigenvalue weighted by molar-refractivity contribution is 5.83. The van der Waals surface area contributed by atoms with Gasteiger partial charge in [-0.15, -0.1) is 10.2 Å². The SMILES string of the molecule is COc1cccc(-c2nnc(CNC(=O)C(c3ccc(F)cc3)C(C)C)o2)c1. The number of methoxy groups -OCH3 is 1. The van der Waals surface area contributed by atoms with Crippen molar-refractivity contribution >= 4 is 5.91 Å². The number of benzene rings is 2. The van der Waals surface area contributed by atoms with Crippen molar-refractivity contribution in [1.82, 2.24) is 15.5 Å². The zero-order chi connectivity index (χ0) is 20.1. The molecule has 1 N–H and O–H groups in total. The van der Waals surface area contributed by atoms with Crippen LogP contribution in [0.1, 0.15) is 31.2 Å². The molecule has 3 aromatic rings. The molecule has 0 saturated carbocycles. The molecule has 1 aromatic heterocycles. The summed E-state index contributed by atoms with van der Waals surface area (Å²) in [4.78, 5) is 12.7. The van der Waals surface area contributed by atoms with Crippen molar-refractivity contribution in [1.29, 1.82) is 0 Å². The van der Waals surface area contributed by atoms with E-state index in [0.717, 1.165) is 11.1 Å². The van der Waals surface area contributed by atoms with Crippen molar-refractivity contribution in [2.24, 2.45) is 5.92 Å². The molecule has 0 aliphatic carbocycles. The van der Waals surface area contributed by atoms with Gasteiger partial charge in [0.2, 0.25) is 17.7 Å². The lowest BCUT2D eigenvalue weighted by atomic mass is 9.87. The largest absolute Gasteiger partial charge is 0.497 e. The third-order valence-electron chi connectivity index (χ3n) is 4.38. The highest BCUT2D eigenvalue weighted by atomic mass is 19.1. The number of aromatic nitrogens is 2. The third-order valence-corrected chi connectivity index (χ3v) is 4.38. The van der Waals surface area contributed by atoms with Gasteiger partial charge in [0, 0.05) is 5.56 Å². The van der Waals surface area contributed by atoms with Gasteiger partial charge in [-0.25, -0.2) is 4.39 Å². The van der Waals surface area contributed by atoms with Crippen LogP contribution in [-0.2, 0) is 11.3 Å². The van der Waals surface area contributed by atoms with E-state index in [9.17, 15) is 9.18 Å². The van der Waals surface area contributed by atoms with Crippen LogP contribution >= 0.6 is 0 Å². The minimum atomic E-state index is -0.402. The van der Waals surface area contributed by atoms with E-state index in [4.69, 9.17) is 9.15 Å². The Bertz CT molecular complexity index is 938. The van der Waals surface area contributed by atoms with Crippen LogP contribution in [0.4, 0.5) is 4.39 Å². The number of rotatable bonds is 7. The summed E-state index contributed by atoms with van der Waals surface area (Å²) in [6.45, 7) is 4.00. The Balaban J connectivity index is 1.68. The first-order chi connectivity index (χ1) is 13.5. The second-order valence-corrected chi connectivity index (χ2v) is 6.72. The Kier molecular flexibility index (Phi) is 6.03. The predicted molar refractivity (Wildman–Crippen MR) is 102 cm³/mol. The maximum absolute atomic E-state index is 13.2. The lowest BCUT2D eigenvalue weighted by Crippen LogP contribution is -2.31. The highest BCUT2D eigenvalue weighted by Gasteiger charge is 2.24. The van der Waals surface area contributed by atoms with Gasteiger partial charge in [-0.05, 0) is 41.8 Å². The van der Waals surface area contributed by atoms with Crippen LogP contribution in [0.25, 0.3) is 11.5 Å². The van der Waals surface area contributed by atoms with Gasteiger partial charge in [0.05, 0.1) is 19.6 Å². The van der Waals surface area contributed by atoms with Gasteiger partial charge in [0.1, 0.15) is 11.6 Å². The van der Waals surface area contributed by atoms with Crippen LogP contribution in [0.2, 0.25) is 0 Å². The molecule has 1 amide bonds. The van der Waals surface area contributed by atoms with Gasteiger partial charge >= 0.3 is 0 Å². The zero-order valence-corrected chi connectivity index (χ0v) is 16.0. The standard InChI is InChI=1S/C21H22FN3O3/c1-13(2)19(14-7-9-16(22)10-8-14)20(26)23-12-18-24-25-21(28-18)15-5-4-6-17(11-15)27-3/h4-11,13,19H,12H2,1-3H3,(H,23,26). The van der Waals surface area contributed by atoms with Gasteiger partial charge in [0.25, 0.3) is 0 Å². The molecular formula is C21H22FN3O3. The maximum Gasteiger partial charge on any atom is 0.247 e. The van der Waals surface area contributed by atoms with E-state index in [1.54, 1.807) is 25.3 Å². The van der Waals surface area contributed by atoms with Crippen molar-refractivity contribution in [3.63, 3.8) is 0 Å². The zero-order valence-electron chi connectivity index (χ0n) is 16.0. The third kappa shape index (κ3) is 4.54. The maximum atomic E-state index is 13.2. The molecule has 1 unspecified atom stereocenters. The van der Waals surface area contributed by atoms with Crippen LogP contribution in [0.3, 0.4) is 0 Å². The summed E-state index contributed by atoms with van der Waals surface area (Å²) in [5, 5.41) is 10.8. The molecule has 146 valence electrons. The average molecular weight is 383 g/mol. The summed E-state index contributed by atoms with van der Waals surface area (Å²) < 4.78 is 24.0. The Morgan fingerprint density at radius 1 is 1.18 bits per heavy atom. The number of amides is 1.